The van der Waals surface area contributed by atoms with Crippen molar-refractivity contribution in [3.05, 3.63) is 30.3 Å². The van der Waals surface area contributed by atoms with Gasteiger partial charge in [-0.3, -0.25) is 4.79 Å². The SMILES string of the molecule is CC.CCNCCCCCOc1ccccc1.CNC(=O)CN. The summed E-state index contributed by atoms with van der Waals surface area (Å²) >= 11 is 0. The first-order chi connectivity index (χ1) is 11.2. The Morgan fingerprint density at radius 3 is 2.26 bits per heavy atom. The van der Waals surface area contributed by atoms with E-state index in [-0.39, 0.29) is 12.5 Å². The minimum absolute atomic E-state index is 0.0799. The summed E-state index contributed by atoms with van der Waals surface area (Å²) in [5.74, 6) is 0.846. The van der Waals surface area contributed by atoms with E-state index in [1.807, 2.05) is 44.2 Å². The van der Waals surface area contributed by atoms with Crippen LogP contribution in [0, 0.1) is 0 Å². The third-order valence-corrected chi connectivity index (χ3v) is 2.72. The lowest BCUT2D eigenvalue weighted by atomic mass is 10.2. The van der Waals surface area contributed by atoms with Gasteiger partial charge in [-0.15, -0.1) is 0 Å². The Hall–Kier alpha value is -1.59. The van der Waals surface area contributed by atoms with E-state index in [1.54, 1.807) is 7.05 Å². The fourth-order valence-corrected chi connectivity index (χ4v) is 1.51. The number of hydrogen-bond donors (Lipinski definition) is 3. The van der Waals surface area contributed by atoms with Gasteiger partial charge in [0.15, 0.2) is 0 Å². The Labute approximate surface area is 142 Å². The second-order valence-corrected chi connectivity index (χ2v) is 4.45. The Bertz CT molecular complexity index is 339. The van der Waals surface area contributed by atoms with Gasteiger partial charge in [-0.1, -0.05) is 39.0 Å². The van der Waals surface area contributed by atoms with E-state index < -0.39 is 0 Å². The molecule has 0 aliphatic rings. The van der Waals surface area contributed by atoms with Crippen LogP contribution >= 0.6 is 0 Å². The van der Waals surface area contributed by atoms with E-state index >= 15 is 0 Å². The molecule has 0 atom stereocenters. The number of nitrogens with two attached hydrogens (primary N) is 1. The van der Waals surface area contributed by atoms with Crippen LogP contribution in [0.3, 0.4) is 0 Å². The lowest BCUT2D eigenvalue weighted by molar-refractivity contribution is -0.119. The molecule has 0 saturated heterocycles. The van der Waals surface area contributed by atoms with Crippen LogP contribution in [0.5, 0.6) is 5.75 Å². The summed E-state index contributed by atoms with van der Waals surface area (Å²) in [6.45, 7) is 9.24. The summed E-state index contributed by atoms with van der Waals surface area (Å²) in [5, 5.41) is 5.67. The lowest BCUT2D eigenvalue weighted by Crippen LogP contribution is -2.26. The van der Waals surface area contributed by atoms with E-state index in [0.717, 1.165) is 31.9 Å². The van der Waals surface area contributed by atoms with Crippen molar-refractivity contribution in [2.24, 2.45) is 5.73 Å². The summed E-state index contributed by atoms with van der Waals surface area (Å²) in [7, 11) is 1.55. The van der Waals surface area contributed by atoms with Gasteiger partial charge in [-0.25, -0.2) is 0 Å². The van der Waals surface area contributed by atoms with Crippen molar-refractivity contribution in [2.75, 3.05) is 33.3 Å². The Kier molecular flexibility index (Phi) is 21.0. The molecule has 0 fully saturated rings. The van der Waals surface area contributed by atoms with Crippen molar-refractivity contribution in [1.29, 1.82) is 0 Å². The van der Waals surface area contributed by atoms with Crippen LogP contribution in [-0.2, 0) is 4.79 Å². The standard InChI is InChI=1S/C13H21NO.C3H8N2O.C2H6/c1-2-14-11-7-4-8-12-15-13-9-5-3-6-10-13;1-5-3(6)2-4;1-2/h3,5-6,9-10,14H,2,4,7-8,11-12H2,1H3;2,4H2,1H3,(H,5,6);1-2H3. The summed E-state index contributed by atoms with van der Waals surface area (Å²) in [6, 6.07) is 10.0. The maximum Gasteiger partial charge on any atom is 0.233 e. The molecule has 1 aromatic rings. The molecule has 0 saturated carbocycles. The van der Waals surface area contributed by atoms with Crippen molar-refractivity contribution < 1.29 is 9.53 Å². The first-order valence-electron chi connectivity index (χ1n) is 8.53. The minimum Gasteiger partial charge on any atom is -0.494 e. The maximum atomic E-state index is 9.94. The number of carbonyl (C=O) groups excluding carboxylic acids is 1. The highest BCUT2D eigenvalue weighted by Gasteiger charge is 1.92. The second kappa shape index (κ2) is 20.4. The molecular formula is C18H35N3O2. The van der Waals surface area contributed by atoms with Crippen molar-refractivity contribution in [3.63, 3.8) is 0 Å². The highest BCUT2D eigenvalue weighted by molar-refractivity contribution is 5.77. The van der Waals surface area contributed by atoms with Crippen LogP contribution in [0.2, 0.25) is 0 Å². The van der Waals surface area contributed by atoms with Gasteiger partial charge in [0.25, 0.3) is 0 Å². The first-order valence-corrected chi connectivity index (χ1v) is 8.53. The zero-order valence-electron chi connectivity index (χ0n) is 15.2. The highest BCUT2D eigenvalue weighted by atomic mass is 16.5. The molecule has 0 unspecified atom stereocenters. The summed E-state index contributed by atoms with van der Waals surface area (Å²) in [6.07, 6.45) is 3.62. The van der Waals surface area contributed by atoms with Crippen molar-refractivity contribution in [2.45, 2.75) is 40.0 Å². The molecule has 5 heteroatoms. The fraction of sp³-hybridized carbons (Fsp3) is 0.611. The second-order valence-electron chi connectivity index (χ2n) is 4.45. The number of benzene rings is 1. The lowest BCUT2D eigenvalue weighted by Gasteiger charge is -2.05. The predicted molar refractivity (Wildman–Crippen MR) is 98.8 cm³/mol. The van der Waals surface area contributed by atoms with E-state index in [1.165, 1.54) is 12.8 Å². The van der Waals surface area contributed by atoms with Gasteiger partial charge in [0.1, 0.15) is 5.75 Å². The molecule has 0 aliphatic heterocycles. The van der Waals surface area contributed by atoms with Gasteiger partial charge < -0.3 is 21.1 Å². The number of unbranched alkanes of at least 4 members (excludes halogenated alkanes) is 2. The quantitative estimate of drug-likeness (QED) is 0.610. The molecule has 0 aromatic heterocycles. The van der Waals surface area contributed by atoms with Gasteiger partial charge in [-0.05, 0) is 44.5 Å². The number of hydrogen-bond acceptors (Lipinski definition) is 4. The minimum atomic E-state index is -0.130. The van der Waals surface area contributed by atoms with Crippen molar-refractivity contribution >= 4 is 5.91 Å². The normalized spacial score (nSPS) is 8.91. The molecule has 23 heavy (non-hydrogen) atoms. The monoisotopic (exact) mass is 325 g/mol. The van der Waals surface area contributed by atoms with Gasteiger partial charge in [0.05, 0.1) is 13.2 Å². The molecule has 0 heterocycles. The molecule has 0 radical (unpaired) electrons. The molecule has 1 aromatic carbocycles. The van der Waals surface area contributed by atoms with E-state index in [0.29, 0.717) is 0 Å². The number of likely N-dealkylation sites (N-methyl/N-ethyl adjacent to an activating group) is 1. The Morgan fingerprint density at radius 2 is 1.78 bits per heavy atom. The molecule has 0 spiro atoms. The predicted octanol–water partition coefficient (Wildman–Crippen LogP) is 2.56. The molecule has 0 bridgehead atoms. The van der Waals surface area contributed by atoms with Crippen LogP contribution in [0.15, 0.2) is 30.3 Å². The average molecular weight is 325 g/mol. The molecule has 1 rings (SSSR count). The zero-order valence-corrected chi connectivity index (χ0v) is 15.2. The average Bonchev–Trinajstić information content (AvgIpc) is 2.63. The van der Waals surface area contributed by atoms with Gasteiger partial charge in [0, 0.05) is 7.05 Å². The molecule has 1 amide bonds. The summed E-state index contributed by atoms with van der Waals surface area (Å²) in [4.78, 5) is 9.94. The van der Waals surface area contributed by atoms with E-state index in [4.69, 9.17) is 10.5 Å². The maximum absolute atomic E-state index is 9.94. The molecule has 134 valence electrons. The number of rotatable bonds is 9. The Morgan fingerprint density at radius 1 is 1.13 bits per heavy atom. The van der Waals surface area contributed by atoms with Crippen LogP contribution in [-0.4, -0.2) is 39.2 Å². The van der Waals surface area contributed by atoms with Gasteiger partial charge >= 0.3 is 0 Å². The molecule has 4 N–H and O–H groups in total. The first kappa shape index (κ1) is 23.7. The summed E-state index contributed by atoms with van der Waals surface area (Å²) < 4.78 is 5.59. The van der Waals surface area contributed by atoms with Crippen LogP contribution in [0.25, 0.3) is 0 Å². The molecule has 5 nitrogen and oxygen atoms in total. The van der Waals surface area contributed by atoms with E-state index in [2.05, 4.69) is 17.6 Å². The van der Waals surface area contributed by atoms with Crippen molar-refractivity contribution in [3.8, 4) is 5.75 Å². The van der Waals surface area contributed by atoms with Crippen LogP contribution < -0.4 is 21.1 Å². The van der Waals surface area contributed by atoms with Gasteiger partial charge in [0.2, 0.25) is 5.91 Å². The van der Waals surface area contributed by atoms with E-state index in [9.17, 15) is 4.79 Å². The summed E-state index contributed by atoms with van der Waals surface area (Å²) in [5.41, 5.74) is 4.87. The molecule has 0 aliphatic carbocycles. The smallest absolute Gasteiger partial charge is 0.233 e. The Balaban J connectivity index is 0. The number of ether oxygens (including phenoxy) is 1. The number of carbonyl (C=O) groups is 1. The van der Waals surface area contributed by atoms with Crippen molar-refractivity contribution in [1.82, 2.24) is 10.6 Å². The highest BCUT2D eigenvalue weighted by Crippen LogP contribution is 2.08. The molecular weight excluding hydrogens is 290 g/mol. The third kappa shape index (κ3) is 18.4. The van der Waals surface area contributed by atoms with Crippen LogP contribution in [0.4, 0.5) is 0 Å². The fourth-order valence-electron chi connectivity index (χ4n) is 1.51. The largest absolute Gasteiger partial charge is 0.494 e. The van der Waals surface area contributed by atoms with Crippen LogP contribution in [0.1, 0.15) is 40.0 Å². The zero-order chi connectivity index (χ0) is 17.8. The number of nitrogens with one attached hydrogen (secondary N) is 2. The topological polar surface area (TPSA) is 76.4 Å². The number of para-hydroxylation sites is 1. The number of amides is 1. The third-order valence-electron chi connectivity index (χ3n) is 2.72. The van der Waals surface area contributed by atoms with Gasteiger partial charge in [-0.2, -0.15) is 0 Å².